The third-order valence-corrected chi connectivity index (χ3v) is 1.35. The van der Waals surface area contributed by atoms with Crippen molar-refractivity contribution in [1.29, 1.82) is 0 Å². The topological polar surface area (TPSA) is 46.5 Å². The van der Waals surface area contributed by atoms with Crippen LogP contribution in [0.15, 0.2) is 0 Å². The summed E-state index contributed by atoms with van der Waals surface area (Å²) in [5.74, 6) is -0.833. The molecular formula is C10H22O3. The van der Waals surface area contributed by atoms with Crippen molar-refractivity contribution in [1.82, 2.24) is 0 Å². The molecule has 3 heteroatoms. The van der Waals surface area contributed by atoms with Gasteiger partial charge in [0.25, 0.3) is 5.97 Å². The zero-order valence-corrected chi connectivity index (χ0v) is 9.01. The van der Waals surface area contributed by atoms with Gasteiger partial charge in [-0.3, -0.25) is 4.79 Å². The first-order valence-electron chi connectivity index (χ1n) is 4.92. The summed E-state index contributed by atoms with van der Waals surface area (Å²) in [5, 5.41) is 7.42. The molecule has 0 amide bonds. The van der Waals surface area contributed by atoms with Crippen LogP contribution in [0.2, 0.25) is 0 Å². The third-order valence-electron chi connectivity index (χ3n) is 1.35. The molecule has 0 aliphatic heterocycles. The fourth-order valence-electron chi connectivity index (χ4n) is 0.775. The van der Waals surface area contributed by atoms with E-state index >= 15 is 0 Å². The van der Waals surface area contributed by atoms with E-state index < -0.39 is 5.97 Å². The lowest BCUT2D eigenvalue weighted by Gasteiger charge is -1.98. The molecule has 0 heterocycles. The van der Waals surface area contributed by atoms with Gasteiger partial charge in [-0.15, -0.1) is 0 Å². The third kappa shape index (κ3) is 34.5. The van der Waals surface area contributed by atoms with Crippen molar-refractivity contribution < 1.29 is 14.6 Å². The molecule has 1 N–H and O–H groups in total. The lowest BCUT2D eigenvalue weighted by atomic mass is 10.2. The van der Waals surface area contributed by atoms with E-state index in [1.165, 1.54) is 25.7 Å². The molecule has 0 aliphatic carbocycles. The molecule has 0 aliphatic rings. The van der Waals surface area contributed by atoms with E-state index in [-0.39, 0.29) is 0 Å². The van der Waals surface area contributed by atoms with Gasteiger partial charge in [0.05, 0.1) is 0 Å². The summed E-state index contributed by atoms with van der Waals surface area (Å²) in [7, 11) is 0. The Morgan fingerprint density at radius 3 is 2.15 bits per heavy atom. The largest absolute Gasteiger partial charge is 0.481 e. The van der Waals surface area contributed by atoms with E-state index in [0.717, 1.165) is 20.1 Å². The van der Waals surface area contributed by atoms with E-state index in [0.29, 0.717) is 0 Å². The van der Waals surface area contributed by atoms with Crippen LogP contribution < -0.4 is 0 Å². The van der Waals surface area contributed by atoms with Gasteiger partial charge < -0.3 is 9.84 Å². The van der Waals surface area contributed by atoms with Crippen LogP contribution in [0.3, 0.4) is 0 Å². The molecule has 0 radical (unpaired) electrons. The van der Waals surface area contributed by atoms with Gasteiger partial charge in [0.2, 0.25) is 0 Å². The van der Waals surface area contributed by atoms with Crippen LogP contribution in [-0.2, 0) is 9.53 Å². The number of aliphatic carboxylic acids is 1. The normalized spacial score (nSPS) is 8.85. The monoisotopic (exact) mass is 190 g/mol. The molecule has 0 saturated carbocycles. The van der Waals surface area contributed by atoms with E-state index in [2.05, 4.69) is 6.92 Å². The van der Waals surface area contributed by atoms with Gasteiger partial charge in [0.1, 0.15) is 0 Å². The van der Waals surface area contributed by atoms with Crippen LogP contribution in [0.1, 0.15) is 46.5 Å². The highest BCUT2D eigenvalue weighted by Gasteiger charge is 1.85. The Labute approximate surface area is 81.1 Å². The smallest absolute Gasteiger partial charge is 0.300 e. The number of carboxylic acids is 1. The van der Waals surface area contributed by atoms with Gasteiger partial charge in [-0.25, -0.2) is 0 Å². The molecular weight excluding hydrogens is 168 g/mol. The lowest BCUT2D eigenvalue weighted by Crippen LogP contribution is -1.92. The quantitative estimate of drug-likeness (QED) is 0.655. The molecule has 13 heavy (non-hydrogen) atoms. The molecule has 0 aromatic carbocycles. The highest BCUT2D eigenvalue weighted by molar-refractivity contribution is 5.62. The number of unbranched alkanes of at least 4 members (excludes halogenated alkanes) is 3. The number of rotatable bonds is 6. The molecule has 3 nitrogen and oxygen atoms in total. The molecule has 0 unspecified atom stereocenters. The summed E-state index contributed by atoms with van der Waals surface area (Å²) >= 11 is 0. The zero-order valence-electron chi connectivity index (χ0n) is 9.01. The minimum Gasteiger partial charge on any atom is -0.481 e. The number of carboxylic acid groups (broad SMARTS) is 1. The molecule has 0 aromatic rings. The number of ether oxygens (including phenoxy) is 1. The second kappa shape index (κ2) is 14.0. The minimum atomic E-state index is -0.833. The Hall–Kier alpha value is -0.570. The highest BCUT2D eigenvalue weighted by atomic mass is 16.5. The first kappa shape index (κ1) is 14.9. The SMILES string of the molecule is CC(=O)O.CCCCCCOCC. The van der Waals surface area contributed by atoms with Gasteiger partial charge in [-0.05, 0) is 13.3 Å². The average Bonchev–Trinajstić information content (AvgIpc) is 2.03. The maximum absolute atomic E-state index is 9.00. The Balaban J connectivity index is 0. The molecule has 0 saturated heterocycles. The second-order valence-electron chi connectivity index (χ2n) is 2.78. The summed E-state index contributed by atoms with van der Waals surface area (Å²) in [5.41, 5.74) is 0. The van der Waals surface area contributed by atoms with E-state index in [4.69, 9.17) is 14.6 Å². The summed E-state index contributed by atoms with van der Waals surface area (Å²) in [6, 6.07) is 0. The van der Waals surface area contributed by atoms with Crippen LogP contribution in [0.4, 0.5) is 0 Å². The first-order valence-corrected chi connectivity index (χ1v) is 4.92. The summed E-state index contributed by atoms with van der Waals surface area (Å²) in [4.78, 5) is 9.00. The maximum atomic E-state index is 9.00. The Kier molecular flexibility index (Phi) is 16.1. The fraction of sp³-hybridized carbons (Fsp3) is 0.900. The summed E-state index contributed by atoms with van der Waals surface area (Å²) in [6.07, 6.45) is 5.23. The van der Waals surface area contributed by atoms with Crippen LogP contribution in [0, 0.1) is 0 Å². The molecule has 0 rings (SSSR count). The van der Waals surface area contributed by atoms with E-state index in [9.17, 15) is 0 Å². The zero-order chi connectivity index (χ0) is 10.5. The van der Waals surface area contributed by atoms with Crippen LogP contribution in [0.5, 0.6) is 0 Å². The van der Waals surface area contributed by atoms with Crippen molar-refractivity contribution in [3.8, 4) is 0 Å². The first-order chi connectivity index (χ1) is 6.15. The molecule has 0 bridgehead atoms. The molecule has 0 aromatic heterocycles. The van der Waals surface area contributed by atoms with Crippen molar-refractivity contribution in [2.45, 2.75) is 46.5 Å². The fourth-order valence-corrected chi connectivity index (χ4v) is 0.775. The predicted molar refractivity (Wildman–Crippen MR) is 53.9 cm³/mol. The Bertz CT molecular complexity index is 92.3. The van der Waals surface area contributed by atoms with Crippen LogP contribution >= 0.6 is 0 Å². The maximum Gasteiger partial charge on any atom is 0.300 e. The van der Waals surface area contributed by atoms with Crippen molar-refractivity contribution in [2.75, 3.05) is 13.2 Å². The molecule has 80 valence electrons. The standard InChI is InChI=1S/C8H18O.C2H4O2/c1-3-5-6-7-8-9-4-2;1-2(3)4/h3-8H2,1-2H3;1H3,(H,3,4). The van der Waals surface area contributed by atoms with Gasteiger partial charge in [-0.2, -0.15) is 0 Å². The number of hydrogen-bond acceptors (Lipinski definition) is 2. The minimum absolute atomic E-state index is 0.833. The highest BCUT2D eigenvalue weighted by Crippen LogP contribution is 1.98. The van der Waals surface area contributed by atoms with Gasteiger partial charge in [-0.1, -0.05) is 26.2 Å². The lowest BCUT2D eigenvalue weighted by molar-refractivity contribution is -0.134. The van der Waals surface area contributed by atoms with Crippen molar-refractivity contribution in [3.05, 3.63) is 0 Å². The summed E-state index contributed by atoms with van der Waals surface area (Å²) < 4.78 is 5.18. The molecule has 0 spiro atoms. The van der Waals surface area contributed by atoms with Crippen molar-refractivity contribution in [3.63, 3.8) is 0 Å². The summed E-state index contributed by atoms with van der Waals surface area (Å²) in [6.45, 7) is 7.17. The van der Waals surface area contributed by atoms with Gasteiger partial charge >= 0.3 is 0 Å². The number of carbonyl (C=O) groups is 1. The second-order valence-corrected chi connectivity index (χ2v) is 2.78. The molecule has 0 fully saturated rings. The van der Waals surface area contributed by atoms with Crippen molar-refractivity contribution in [2.24, 2.45) is 0 Å². The van der Waals surface area contributed by atoms with Crippen molar-refractivity contribution >= 4 is 5.97 Å². The van der Waals surface area contributed by atoms with E-state index in [1.807, 2.05) is 6.92 Å². The van der Waals surface area contributed by atoms with Gasteiger partial charge in [0, 0.05) is 20.1 Å². The Morgan fingerprint density at radius 2 is 1.77 bits per heavy atom. The molecule has 0 atom stereocenters. The van der Waals surface area contributed by atoms with Crippen LogP contribution in [0.25, 0.3) is 0 Å². The number of hydrogen-bond donors (Lipinski definition) is 1. The Morgan fingerprint density at radius 1 is 1.23 bits per heavy atom. The van der Waals surface area contributed by atoms with Crippen LogP contribution in [-0.4, -0.2) is 24.3 Å². The average molecular weight is 190 g/mol. The van der Waals surface area contributed by atoms with E-state index in [1.54, 1.807) is 0 Å². The van der Waals surface area contributed by atoms with Gasteiger partial charge in [0.15, 0.2) is 0 Å². The predicted octanol–water partition coefficient (Wildman–Crippen LogP) is 2.69.